The number of pyridine rings is 1. The lowest BCUT2D eigenvalue weighted by molar-refractivity contribution is -0.121. The molecule has 0 atom stereocenters. The van der Waals surface area contributed by atoms with Crippen molar-refractivity contribution >= 4 is 34.6 Å². The van der Waals surface area contributed by atoms with Crippen molar-refractivity contribution in [3.8, 4) is 5.82 Å². The Bertz CT molecular complexity index is 1080. The normalized spacial score (nSPS) is 17.1. The Morgan fingerprint density at radius 2 is 1.82 bits per heavy atom. The molecule has 1 aliphatic heterocycles. The molecule has 1 aromatic carbocycles. The minimum absolute atomic E-state index is 0.0395. The minimum Gasteiger partial charge on any atom is -0.303 e. The molecule has 0 radical (unpaired) electrons. The summed E-state index contributed by atoms with van der Waals surface area (Å²) in [6.45, 7) is 4.09. The molecule has 1 aliphatic rings. The predicted octanol–water partition coefficient (Wildman–Crippen LogP) is 4.72. The molecule has 140 valence electrons. The number of aliphatic imine (C=N–C) groups is 1. The van der Waals surface area contributed by atoms with E-state index in [1.807, 2.05) is 68.5 Å². The van der Waals surface area contributed by atoms with Crippen LogP contribution < -0.4 is 0 Å². The molecule has 3 aromatic rings. The number of para-hydroxylation sites is 1. The number of amides is 1. The van der Waals surface area contributed by atoms with Gasteiger partial charge in [0.05, 0.1) is 10.6 Å². The van der Waals surface area contributed by atoms with Crippen LogP contribution in [0, 0.1) is 13.8 Å². The van der Waals surface area contributed by atoms with E-state index in [0.29, 0.717) is 10.1 Å². The molecule has 1 amide bonds. The molecule has 1 saturated heterocycles. The molecule has 0 N–H and O–H groups in total. The molecule has 5 nitrogen and oxygen atoms in total. The summed E-state index contributed by atoms with van der Waals surface area (Å²) in [7, 11) is 1.76. The number of benzene rings is 1. The lowest BCUT2D eigenvalue weighted by atomic mass is 10.2. The molecule has 0 bridgehead atoms. The second kappa shape index (κ2) is 7.48. The summed E-state index contributed by atoms with van der Waals surface area (Å²) >= 11 is 1.40. The SMILES string of the molecule is Cc1cc(/C=C2\SC(=Nc3ccccc3)N(C)C2=O)c(C)n1-c1ccccn1. The van der Waals surface area contributed by atoms with Crippen molar-refractivity contribution in [1.82, 2.24) is 14.5 Å². The Morgan fingerprint density at radius 1 is 1.07 bits per heavy atom. The maximum Gasteiger partial charge on any atom is 0.266 e. The van der Waals surface area contributed by atoms with Crippen molar-refractivity contribution in [3.05, 3.63) is 82.7 Å². The fraction of sp³-hybridized carbons (Fsp3) is 0.136. The lowest BCUT2D eigenvalue weighted by Crippen LogP contribution is -2.23. The number of thioether (sulfide) groups is 1. The third-order valence-electron chi connectivity index (χ3n) is 4.62. The van der Waals surface area contributed by atoms with Crippen molar-refractivity contribution in [2.75, 3.05) is 7.05 Å². The number of nitrogens with zero attached hydrogens (tertiary/aromatic N) is 4. The van der Waals surface area contributed by atoms with Crippen LogP contribution in [0.25, 0.3) is 11.9 Å². The lowest BCUT2D eigenvalue weighted by Gasteiger charge is -2.08. The second-order valence-corrected chi connectivity index (χ2v) is 7.56. The van der Waals surface area contributed by atoms with E-state index >= 15 is 0 Å². The number of aryl methyl sites for hydroxylation is 1. The largest absolute Gasteiger partial charge is 0.303 e. The second-order valence-electron chi connectivity index (χ2n) is 6.55. The van der Waals surface area contributed by atoms with Gasteiger partial charge in [-0.25, -0.2) is 9.98 Å². The average Bonchev–Trinajstić information content (AvgIpc) is 3.13. The number of rotatable bonds is 3. The maximum absolute atomic E-state index is 12.7. The first-order chi connectivity index (χ1) is 13.5. The highest BCUT2D eigenvalue weighted by Gasteiger charge is 2.30. The van der Waals surface area contributed by atoms with E-state index < -0.39 is 0 Å². The highest BCUT2D eigenvalue weighted by atomic mass is 32.2. The van der Waals surface area contributed by atoms with Crippen LogP contribution in [0.2, 0.25) is 0 Å². The number of hydrogen-bond donors (Lipinski definition) is 0. The van der Waals surface area contributed by atoms with E-state index in [9.17, 15) is 4.79 Å². The summed E-state index contributed by atoms with van der Waals surface area (Å²) in [5.74, 6) is 0.832. The standard InChI is InChI=1S/C22H20N4OS/c1-15-13-17(16(2)26(15)20-11-7-8-12-23-20)14-19-21(27)25(3)22(28-19)24-18-9-5-4-6-10-18/h4-14H,1-3H3/b19-14-,24-22?. The van der Waals surface area contributed by atoms with Gasteiger partial charge in [0.1, 0.15) is 5.82 Å². The van der Waals surface area contributed by atoms with Gasteiger partial charge in [0, 0.05) is 24.6 Å². The molecule has 28 heavy (non-hydrogen) atoms. The molecule has 4 rings (SSSR count). The zero-order valence-corrected chi connectivity index (χ0v) is 16.8. The van der Waals surface area contributed by atoms with Crippen LogP contribution in [0.3, 0.4) is 0 Å². The van der Waals surface area contributed by atoms with E-state index in [4.69, 9.17) is 0 Å². The molecule has 3 heterocycles. The maximum atomic E-state index is 12.7. The number of carbonyl (C=O) groups is 1. The van der Waals surface area contributed by atoms with Crippen molar-refractivity contribution in [2.24, 2.45) is 4.99 Å². The summed E-state index contributed by atoms with van der Waals surface area (Å²) in [4.78, 5) is 24.0. The Balaban J connectivity index is 1.69. The van der Waals surface area contributed by atoms with E-state index in [2.05, 4.69) is 20.6 Å². The smallest absolute Gasteiger partial charge is 0.266 e. The van der Waals surface area contributed by atoms with Crippen LogP contribution in [-0.4, -0.2) is 32.6 Å². The van der Waals surface area contributed by atoms with Crippen LogP contribution in [0.15, 0.2) is 70.7 Å². The number of amidine groups is 1. The van der Waals surface area contributed by atoms with Gasteiger partial charge in [-0.05, 0) is 67.6 Å². The third kappa shape index (κ3) is 3.39. The van der Waals surface area contributed by atoms with Gasteiger partial charge in [0.15, 0.2) is 5.17 Å². The third-order valence-corrected chi connectivity index (χ3v) is 5.68. The molecule has 0 saturated carbocycles. The van der Waals surface area contributed by atoms with Crippen LogP contribution in [0.5, 0.6) is 0 Å². The van der Waals surface area contributed by atoms with E-state index in [-0.39, 0.29) is 5.91 Å². The fourth-order valence-corrected chi connectivity index (χ4v) is 4.16. The Morgan fingerprint density at radius 3 is 2.54 bits per heavy atom. The summed E-state index contributed by atoms with van der Waals surface area (Å²) in [5.41, 5.74) is 3.96. The van der Waals surface area contributed by atoms with Crippen molar-refractivity contribution < 1.29 is 4.79 Å². The summed E-state index contributed by atoms with van der Waals surface area (Å²) in [5, 5.41) is 0.681. The van der Waals surface area contributed by atoms with Crippen molar-refractivity contribution in [3.63, 3.8) is 0 Å². The molecule has 0 spiro atoms. The number of carbonyl (C=O) groups excluding carboxylic acids is 1. The van der Waals surface area contributed by atoms with Gasteiger partial charge in [0.25, 0.3) is 5.91 Å². The first kappa shape index (κ1) is 18.3. The van der Waals surface area contributed by atoms with Crippen molar-refractivity contribution in [2.45, 2.75) is 13.8 Å². The van der Waals surface area contributed by atoms with E-state index in [0.717, 1.165) is 28.5 Å². The van der Waals surface area contributed by atoms with Gasteiger partial charge in [-0.1, -0.05) is 24.3 Å². The van der Waals surface area contributed by atoms with Crippen LogP contribution >= 0.6 is 11.8 Å². The van der Waals surface area contributed by atoms with E-state index in [1.165, 1.54) is 11.8 Å². The van der Waals surface area contributed by atoms with Crippen molar-refractivity contribution in [1.29, 1.82) is 0 Å². The summed E-state index contributed by atoms with van der Waals surface area (Å²) in [6, 6.07) is 17.6. The Kier molecular flexibility index (Phi) is 4.88. The number of likely N-dealkylation sites (N-methyl/N-ethyl adjacent to an activating group) is 1. The van der Waals surface area contributed by atoms with Gasteiger partial charge in [0.2, 0.25) is 0 Å². The quantitative estimate of drug-likeness (QED) is 0.610. The first-order valence-corrected chi connectivity index (χ1v) is 9.78. The van der Waals surface area contributed by atoms with Crippen LogP contribution in [0.1, 0.15) is 17.0 Å². The van der Waals surface area contributed by atoms with Crippen LogP contribution in [-0.2, 0) is 4.79 Å². The first-order valence-electron chi connectivity index (χ1n) is 8.96. The molecule has 6 heteroatoms. The monoisotopic (exact) mass is 388 g/mol. The minimum atomic E-state index is -0.0395. The molecule has 0 aliphatic carbocycles. The number of aromatic nitrogens is 2. The highest BCUT2D eigenvalue weighted by Crippen LogP contribution is 2.34. The fourth-order valence-electron chi connectivity index (χ4n) is 3.18. The number of hydrogen-bond acceptors (Lipinski definition) is 4. The van der Waals surface area contributed by atoms with Gasteiger partial charge in [-0.3, -0.25) is 9.69 Å². The highest BCUT2D eigenvalue weighted by molar-refractivity contribution is 8.18. The molecule has 1 fully saturated rings. The topological polar surface area (TPSA) is 50.5 Å². The zero-order valence-electron chi connectivity index (χ0n) is 16.0. The van der Waals surface area contributed by atoms with Gasteiger partial charge >= 0.3 is 0 Å². The molecular weight excluding hydrogens is 368 g/mol. The Hall–Kier alpha value is -3.12. The van der Waals surface area contributed by atoms with Gasteiger partial charge < -0.3 is 4.57 Å². The zero-order chi connectivity index (χ0) is 19.7. The molecule has 0 unspecified atom stereocenters. The average molecular weight is 388 g/mol. The van der Waals surface area contributed by atoms with E-state index in [1.54, 1.807) is 18.1 Å². The molecule has 2 aromatic heterocycles. The summed E-state index contributed by atoms with van der Waals surface area (Å²) in [6.07, 6.45) is 3.72. The van der Waals surface area contributed by atoms with Crippen LogP contribution in [0.4, 0.5) is 5.69 Å². The Labute approximate surface area is 168 Å². The predicted molar refractivity (Wildman–Crippen MR) is 115 cm³/mol. The van der Waals surface area contributed by atoms with Gasteiger partial charge in [-0.2, -0.15) is 0 Å². The summed E-state index contributed by atoms with van der Waals surface area (Å²) < 4.78 is 2.10. The van der Waals surface area contributed by atoms with Gasteiger partial charge in [-0.15, -0.1) is 0 Å². The molecular formula is C22H20N4OS.